The molecule has 0 fully saturated rings. The van der Waals surface area contributed by atoms with Crippen LogP contribution in [-0.2, 0) is 0 Å². The Morgan fingerprint density at radius 1 is 1.28 bits per heavy atom. The lowest BCUT2D eigenvalue weighted by Crippen LogP contribution is -2.21. The van der Waals surface area contributed by atoms with Crippen LogP contribution in [0.15, 0.2) is 12.1 Å². The standard InChI is InChI=1S/C13H17F2NO2/c1-3-4-5-6-16(2)12-10(14)7-9(13(17)18)8-11(12)15/h7-8H,3-6H2,1-2H3,(H,17,18). The number of hydrogen-bond acceptors (Lipinski definition) is 2. The minimum Gasteiger partial charge on any atom is -0.478 e. The molecule has 1 N–H and O–H groups in total. The Morgan fingerprint density at radius 3 is 2.28 bits per heavy atom. The third-order valence-corrected chi connectivity index (χ3v) is 2.74. The fourth-order valence-corrected chi connectivity index (χ4v) is 1.76. The fourth-order valence-electron chi connectivity index (χ4n) is 1.76. The largest absolute Gasteiger partial charge is 0.478 e. The quantitative estimate of drug-likeness (QED) is 0.795. The van der Waals surface area contributed by atoms with E-state index in [0.717, 1.165) is 31.4 Å². The van der Waals surface area contributed by atoms with Crippen molar-refractivity contribution in [1.82, 2.24) is 0 Å². The van der Waals surface area contributed by atoms with E-state index in [4.69, 9.17) is 5.11 Å². The minimum atomic E-state index is -1.34. The van der Waals surface area contributed by atoms with Gasteiger partial charge in [0.25, 0.3) is 0 Å². The highest BCUT2D eigenvalue weighted by Crippen LogP contribution is 2.24. The number of anilines is 1. The topological polar surface area (TPSA) is 40.5 Å². The highest BCUT2D eigenvalue weighted by molar-refractivity contribution is 5.88. The lowest BCUT2D eigenvalue weighted by molar-refractivity contribution is 0.0696. The maximum Gasteiger partial charge on any atom is 0.335 e. The Bertz CT molecular complexity index is 412. The molecule has 0 bridgehead atoms. The van der Waals surface area contributed by atoms with Crippen molar-refractivity contribution in [3.05, 3.63) is 29.3 Å². The first kappa shape index (κ1) is 14.4. The summed E-state index contributed by atoms with van der Waals surface area (Å²) in [5.74, 6) is -3.02. The summed E-state index contributed by atoms with van der Waals surface area (Å²) in [4.78, 5) is 12.1. The number of halogens is 2. The first-order valence-corrected chi connectivity index (χ1v) is 5.90. The number of benzene rings is 1. The van der Waals surface area contributed by atoms with E-state index in [-0.39, 0.29) is 11.3 Å². The molecule has 0 amide bonds. The zero-order valence-electron chi connectivity index (χ0n) is 10.5. The Balaban J connectivity index is 2.92. The van der Waals surface area contributed by atoms with E-state index in [0.29, 0.717) is 6.54 Å². The number of hydrogen-bond donors (Lipinski definition) is 1. The molecule has 1 aromatic carbocycles. The van der Waals surface area contributed by atoms with Crippen LogP contribution in [0, 0.1) is 11.6 Å². The predicted molar refractivity (Wildman–Crippen MR) is 66.1 cm³/mol. The van der Waals surface area contributed by atoms with E-state index < -0.39 is 17.6 Å². The predicted octanol–water partition coefficient (Wildman–Crippen LogP) is 3.29. The minimum absolute atomic E-state index is 0.170. The van der Waals surface area contributed by atoms with Crippen LogP contribution < -0.4 is 4.90 Å². The molecular weight excluding hydrogens is 240 g/mol. The van der Waals surface area contributed by atoms with E-state index in [1.165, 1.54) is 4.90 Å². The second-order valence-corrected chi connectivity index (χ2v) is 4.22. The molecule has 3 nitrogen and oxygen atoms in total. The lowest BCUT2D eigenvalue weighted by atomic mass is 10.1. The molecule has 0 spiro atoms. The van der Waals surface area contributed by atoms with Gasteiger partial charge in [0, 0.05) is 13.6 Å². The van der Waals surface area contributed by atoms with Gasteiger partial charge in [-0.1, -0.05) is 19.8 Å². The highest BCUT2D eigenvalue weighted by atomic mass is 19.1. The maximum absolute atomic E-state index is 13.7. The summed E-state index contributed by atoms with van der Waals surface area (Å²) in [5.41, 5.74) is -0.549. The molecule has 1 aromatic rings. The van der Waals surface area contributed by atoms with Crippen molar-refractivity contribution >= 4 is 11.7 Å². The SMILES string of the molecule is CCCCCN(C)c1c(F)cc(C(=O)O)cc1F. The Morgan fingerprint density at radius 2 is 1.83 bits per heavy atom. The van der Waals surface area contributed by atoms with Crippen LogP contribution in [-0.4, -0.2) is 24.7 Å². The normalized spacial score (nSPS) is 10.4. The van der Waals surface area contributed by atoms with Crippen LogP contribution in [0.3, 0.4) is 0 Å². The monoisotopic (exact) mass is 257 g/mol. The average Bonchev–Trinajstić information content (AvgIpc) is 2.28. The van der Waals surface area contributed by atoms with Gasteiger partial charge in [0.1, 0.15) is 17.3 Å². The molecule has 100 valence electrons. The second-order valence-electron chi connectivity index (χ2n) is 4.22. The second kappa shape index (κ2) is 6.33. The molecule has 0 aromatic heterocycles. The molecule has 0 unspecified atom stereocenters. The van der Waals surface area contributed by atoms with E-state index in [2.05, 4.69) is 0 Å². The van der Waals surface area contributed by atoms with Crippen molar-refractivity contribution in [2.24, 2.45) is 0 Å². The summed E-state index contributed by atoms with van der Waals surface area (Å²) in [5, 5.41) is 8.69. The molecule has 0 aliphatic heterocycles. The molecule has 0 saturated heterocycles. The number of carbonyl (C=O) groups is 1. The van der Waals surface area contributed by atoms with Gasteiger partial charge in [0.15, 0.2) is 0 Å². The smallest absolute Gasteiger partial charge is 0.335 e. The van der Waals surface area contributed by atoms with Crippen molar-refractivity contribution in [1.29, 1.82) is 0 Å². The van der Waals surface area contributed by atoms with Crippen molar-refractivity contribution in [2.75, 3.05) is 18.5 Å². The van der Waals surface area contributed by atoms with Gasteiger partial charge >= 0.3 is 5.97 Å². The fraction of sp³-hybridized carbons (Fsp3) is 0.462. The Labute approximate surface area is 105 Å². The third-order valence-electron chi connectivity index (χ3n) is 2.74. The van der Waals surface area contributed by atoms with Crippen LogP contribution in [0.4, 0.5) is 14.5 Å². The van der Waals surface area contributed by atoms with Gasteiger partial charge in [0.2, 0.25) is 0 Å². The van der Waals surface area contributed by atoms with E-state index in [1.54, 1.807) is 7.05 Å². The van der Waals surface area contributed by atoms with Crippen molar-refractivity contribution < 1.29 is 18.7 Å². The van der Waals surface area contributed by atoms with Gasteiger partial charge in [-0.3, -0.25) is 0 Å². The van der Waals surface area contributed by atoms with Crippen molar-refractivity contribution in [2.45, 2.75) is 26.2 Å². The first-order valence-electron chi connectivity index (χ1n) is 5.90. The third kappa shape index (κ3) is 3.42. The van der Waals surface area contributed by atoms with E-state index in [9.17, 15) is 13.6 Å². The molecule has 0 heterocycles. The van der Waals surface area contributed by atoms with Crippen molar-refractivity contribution in [3.63, 3.8) is 0 Å². The zero-order valence-corrected chi connectivity index (χ0v) is 10.5. The molecule has 0 aliphatic rings. The number of aromatic carboxylic acids is 1. The van der Waals surface area contributed by atoms with Gasteiger partial charge < -0.3 is 10.0 Å². The highest BCUT2D eigenvalue weighted by Gasteiger charge is 2.17. The van der Waals surface area contributed by atoms with Crippen LogP contribution in [0.1, 0.15) is 36.5 Å². The summed E-state index contributed by atoms with van der Waals surface area (Å²) in [7, 11) is 1.59. The molecule has 0 atom stereocenters. The maximum atomic E-state index is 13.7. The summed E-state index contributed by atoms with van der Waals surface area (Å²) in [6.45, 7) is 2.58. The van der Waals surface area contributed by atoms with Crippen molar-refractivity contribution in [3.8, 4) is 0 Å². The van der Waals surface area contributed by atoms with Gasteiger partial charge in [-0.15, -0.1) is 0 Å². The number of unbranched alkanes of at least 4 members (excludes halogenated alkanes) is 2. The molecule has 0 aliphatic carbocycles. The number of rotatable bonds is 6. The lowest BCUT2D eigenvalue weighted by Gasteiger charge is -2.20. The summed E-state index contributed by atoms with van der Waals surface area (Å²) in [6.07, 6.45) is 2.85. The number of nitrogens with zero attached hydrogens (tertiary/aromatic N) is 1. The number of carboxylic acid groups (broad SMARTS) is 1. The zero-order chi connectivity index (χ0) is 13.7. The molecule has 0 saturated carbocycles. The summed E-state index contributed by atoms with van der Waals surface area (Å²) < 4.78 is 27.4. The Kier molecular flexibility index (Phi) is 5.07. The number of carboxylic acids is 1. The van der Waals surface area contributed by atoms with E-state index >= 15 is 0 Å². The first-order chi connectivity index (χ1) is 8.47. The summed E-state index contributed by atoms with van der Waals surface area (Å²) in [6, 6.07) is 1.69. The van der Waals surface area contributed by atoms with E-state index in [1.807, 2.05) is 6.92 Å². The van der Waals surface area contributed by atoms with Crippen LogP contribution >= 0.6 is 0 Å². The van der Waals surface area contributed by atoms with Crippen LogP contribution in [0.2, 0.25) is 0 Å². The van der Waals surface area contributed by atoms with Crippen LogP contribution in [0.25, 0.3) is 0 Å². The molecule has 0 radical (unpaired) electrons. The summed E-state index contributed by atoms with van der Waals surface area (Å²) >= 11 is 0. The van der Waals surface area contributed by atoms with Gasteiger partial charge in [-0.25, -0.2) is 13.6 Å². The van der Waals surface area contributed by atoms with Gasteiger partial charge in [0.05, 0.1) is 5.56 Å². The van der Waals surface area contributed by atoms with Gasteiger partial charge in [-0.05, 0) is 18.6 Å². The Hall–Kier alpha value is -1.65. The molecule has 5 heteroatoms. The average molecular weight is 257 g/mol. The van der Waals surface area contributed by atoms with Crippen LogP contribution in [0.5, 0.6) is 0 Å². The molecule has 18 heavy (non-hydrogen) atoms. The molecular formula is C13H17F2NO2. The molecule has 1 rings (SSSR count). The van der Waals surface area contributed by atoms with Gasteiger partial charge in [-0.2, -0.15) is 0 Å².